The van der Waals surface area contributed by atoms with E-state index in [-0.39, 0.29) is 0 Å². The fraction of sp³-hybridized carbons (Fsp3) is 0.125. The van der Waals surface area contributed by atoms with E-state index in [1.807, 2.05) is 6.07 Å². The highest BCUT2D eigenvalue weighted by Gasteiger charge is 1.93. The molecule has 0 aliphatic carbocycles. The third kappa shape index (κ3) is 2.19. The second-order valence-corrected chi connectivity index (χ2v) is 2.94. The number of carbonyl (C=O) groups is 1. The molecule has 0 fully saturated rings. The van der Waals surface area contributed by atoms with Crippen LogP contribution in [0.4, 0.5) is 0 Å². The van der Waals surface area contributed by atoms with Crippen molar-refractivity contribution in [2.24, 2.45) is 5.73 Å². The van der Waals surface area contributed by atoms with Gasteiger partial charge in [-0.3, -0.25) is 4.79 Å². The van der Waals surface area contributed by atoms with Gasteiger partial charge in [0.05, 0.1) is 16.3 Å². The molecule has 1 rings (SSSR count). The van der Waals surface area contributed by atoms with Crippen molar-refractivity contribution in [1.29, 1.82) is 0 Å². The van der Waals surface area contributed by atoms with E-state index < -0.39 is 0 Å². The van der Waals surface area contributed by atoms with Crippen LogP contribution in [0.25, 0.3) is 0 Å². The van der Waals surface area contributed by atoms with Crippen LogP contribution in [0.5, 0.6) is 0 Å². The first-order valence-electron chi connectivity index (χ1n) is 3.11. The highest BCUT2D eigenvalue weighted by atomic mass is 32.1. The van der Waals surface area contributed by atoms with Crippen LogP contribution in [-0.4, -0.2) is 12.8 Å². The summed E-state index contributed by atoms with van der Waals surface area (Å²) < 4.78 is 0. The topological polar surface area (TPSA) is 43.1 Å². The summed E-state index contributed by atoms with van der Waals surface area (Å²) in [6, 6.07) is 3.56. The van der Waals surface area contributed by atoms with E-state index in [9.17, 15) is 4.79 Å². The van der Waals surface area contributed by atoms with Crippen molar-refractivity contribution >= 4 is 17.6 Å². The molecule has 1 aromatic rings. The lowest BCUT2D eigenvalue weighted by Gasteiger charge is -1.75. The highest BCUT2D eigenvalue weighted by molar-refractivity contribution is 7.14. The van der Waals surface area contributed by atoms with Gasteiger partial charge in [-0.2, -0.15) is 0 Å². The average molecular weight is 165 g/mol. The zero-order chi connectivity index (χ0) is 8.10. The molecule has 0 bridgehead atoms. The van der Waals surface area contributed by atoms with Crippen molar-refractivity contribution in [2.75, 3.05) is 6.54 Å². The minimum absolute atomic E-state index is 0.355. The number of thiophene rings is 1. The molecule has 56 valence electrons. The lowest BCUT2D eigenvalue weighted by atomic mass is 10.4. The Morgan fingerprint density at radius 2 is 2.45 bits per heavy atom. The maximum Gasteiger partial charge on any atom is 0.160 e. The summed E-state index contributed by atoms with van der Waals surface area (Å²) in [5.41, 5.74) is 5.18. The number of hydrogen-bond donors (Lipinski definition) is 1. The molecule has 11 heavy (non-hydrogen) atoms. The molecule has 0 radical (unpaired) electrons. The van der Waals surface area contributed by atoms with Crippen molar-refractivity contribution < 1.29 is 4.79 Å². The van der Waals surface area contributed by atoms with Crippen molar-refractivity contribution in [3.05, 3.63) is 21.9 Å². The number of nitrogens with two attached hydrogens (primary N) is 1. The van der Waals surface area contributed by atoms with Crippen LogP contribution in [0.1, 0.15) is 14.5 Å². The van der Waals surface area contributed by atoms with Crippen LogP contribution >= 0.6 is 11.3 Å². The maximum absolute atomic E-state index is 10.2. The molecule has 0 aliphatic heterocycles. The standard InChI is InChI=1S/C8H7NOS/c9-5-1-2-7-3-4-8(6-10)11-7/h3-4,6H,5,9H2. The number of carbonyl (C=O) groups excluding carboxylic acids is 1. The van der Waals surface area contributed by atoms with Crippen molar-refractivity contribution in [3.63, 3.8) is 0 Å². The van der Waals surface area contributed by atoms with Crippen molar-refractivity contribution in [1.82, 2.24) is 0 Å². The predicted molar refractivity (Wildman–Crippen MR) is 45.6 cm³/mol. The van der Waals surface area contributed by atoms with Gasteiger partial charge in [0.25, 0.3) is 0 Å². The Balaban J connectivity index is 2.80. The van der Waals surface area contributed by atoms with Crippen molar-refractivity contribution in [3.8, 4) is 11.8 Å². The zero-order valence-electron chi connectivity index (χ0n) is 5.83. The third-order valence-electron chi connectivity index (χ3n) is 1.06. The molecule has 0 aliphatic rings. The van der Waals surface area contributed by atoms with E-state index in [1.165, 1.54) is 11.3 Å². The molecular formula is C8H7NOS. The van der Waals surface area contributed by atoms with Gasteiger partial charge in [-0.25, -0.2) is 0 Å². The largest absolute Gasteiger partial charge is 0.320 e. The lowest BCUT2D eigenvalue weighted by Crippen LogP contribution is -1.92. The number of rotatable bonds is 1. The Morgan fingerprint density at radius 3 is 3.00 bits per heavy atom. The van der Waals surface area contributed by atoms with Crippen LogP contribution in [-0.2, 0) is 0 Å². The van der Waals surface area contributed by atoms with Crippen LogP contribution in [0.2, 0.25) is 0 Å². The summed E-state index contributed by atoms with van der Waals surface area (Å²) in [6.45, 7) is 0.355. The first-order valence-corrected chi connectivity index (χ1v) is 3.92. The van der Waals surface area contributed by atoms with E-state index in [0.29, 0.717) is 11.4 Å². The predicted octanol–water partition coefficient (Wildman–Crippen LogP) is 0.871. The lowest BCUT2D eigenvalue weighted by molar-refractivity contribution is 0.112. The smallest absolute Gasteiger partial charge is 0.160 e. The summed E-state index contributed by atoms with van der Waals surface area (Å²) in [5, 5.41) is 0. The Kier molecular flexibility index (Phi) is 2.84. The summed E-state index contributed by atoms with van der Waals surface area (Å²) in [7, 11) is 0. The quantitative estimate of drug-likeness (QED) is 0.495. The Hall–Kier alpha value is -1.11. The molecule has 1 heterocycles. The second-order valence-electron chi connectivity index (χ2n) is 1.83. The van der Waals surface area contributed by atoms with Gasteiger partial charge < -0.3 is 5.73 Å². The fourth-order valence-corrected chi connectivity index (χ4v) is 1.32. The molecule has 2 N–H and O–H groups in total. The Bertz CT molecular complexity index is 305. The highest BCUT2D eigenvalue weighted by Crippen LogP contribution is 2.12. The zero-order valence-corrected chi connectivity index (χ0v) is 6.65. The summed E-state index contributed by atoms with van der Waals surface area (Å²) >= 11 is 1.38. The molecular weight excluding hydrogens is 158 g/mol. The molecule has 2 nitrogen and oxygen atoms in total. The second kappa shape index (κ2) is 3.91. The van der Waals surface area contributed by atoms with Gasteiger partial charge in [0.2, 0.25) is 0 Å². The van der Waals surface area contributed by atoms with Gasteiger partial charge in [0.1, 0.15) is 0 Å². The molecule has 1 aromatic heterocycles. The first-order chi connectivity index (χ1) is 5.36. The van der Waals surface area contributed by atoms with Gasteiger partial charge in [-0.15, -0.1) is 11.3 Å². The van der Waals surface area contributed by atoms with Crippen LogP contribution in [0, 0.1) is 11.8 Å². The van der Waals surface area contributed by atoms with E-state index in [2.05, 4.69) is 11.8 Å². The average Bonchev–Trinajstić information content (AvgIpc) is 2.48. The van der Waals surface area contributed by atoms with Gasteiger partial charge in [0.15, 0.2) is 6.29 Å². The van der Waals surface area contributed by atoms with Gasteiger partial charge in [-0.1, -0.05) is 11.8 Å². The summed E-state index contributed by atoms with van der Waals surface area (Å²) in [6.07, 6.45) is 0.818. The summed E-state index contributed by atoms with van der Waals surface area (Å²) in [5.74, 6) is 5.56. The Labute approximate surface area is 69.0 Å². The van der Waals surface area contributed by atoms with E-state index in [4.69, 9.17) is 5.73 Å². The monoisotopic (exact) mass is 165 g/mol. The first kappa shape index (κ1) is 7.99. The van der Waals surface area contributed by atoms with E-state index in [1.54, 1.807) is 6.07 Å². The molecule has 0 aromatic carbocycles. The van der Waals surface area contributed by atoms with Crippen LogP contribution in [0.3, 0.4) is 0 Å². The Morgan fingerprint density at radius 1 is 1.64 bits per heavy atom. The van der Waals surface area contributed by atoms with Crippen LogP contribution < -0.4 is 5.73 Å². The van der Waals surface area contributed by atoms with Crippen LogP contribution in [0.15, 0.2) is 12.1 Å². The molecule has 0 spiro atoms. The molecule has 3 heteroatoms. The molecule has 0 atom stereocenters. The number of hydrogen-bond acceptors (Lipinski definition) is 3. The number of aldehydes is 1. The maximum atomic E-state index is 10.2. The summed E-state index contributed by atoms with van der Waals surface area (Å²) in [4.78, 5) is 11.8. The fourth-order valence-electron chi connectivity index (χ4n) is 0.621. The van der Waals surface area contributed by atoms with Crippen molar-refractivity contribution in [2.45, 2.75) is 0 Å². The van der Waals surface area contributed by atoms with E-state index in [0.717, 1.165) is 11.2 Å². The van der Waals surface area contributed by atoms with Gasteiger partial charge >= 0.3 is 0 Å². The molecule has 0 amide bonds. The van der Waals surface area contributed by atoms with E-state index >= 15 is 0 Å². The third-order valence-corrected chi connectivity index (χ3v) is 1.98. The van der Waals surface area contributed by atoms with Gasteiger partial charge in [0, 0.05) is 0 Å². The molecule has 0 saturated carbocycles. The minimum Gasteiger partial charge on any atom is -0.320 e. The molecule has 0 unspecified atom stereocenters. The molecule has 0 saturated heterocycles. The minimum atomic E-state index is 0.355. The van der Waals surface area contributed by atoms with Gasteiger partial charge in [-0.05, 0) is 12.1 Å². The SMILES string of the molecule is NCC#Cc1ccc(C=O)s1. The normalized spacial score (nSPS) is 8.45.